The zero-order chi connectivity index (χ0) is 20.0. The van der Waals surface area contributed by atoms with Crippen LogP contribution in [0.3, 0.4) is 0 Å². The Morgan fingerprint density at radius 3 is 2.04 bits per heavy atom. The summed E-state index contributed by atoms with van der Waals surface area (Å²) in [4.78, 5) is 0.130. The van der Waals surface area contributed by atoms with Gasteiger partial charge < -0.3 is 15.4 Å². The van der Waals surface area contributed by atoms with Crippen molar-refractivity contribution in [2.24, 2.45) is 0 Å². The molecule has 0 aliphatic carbocycles. The lowest BCUT2D eigenvalue weighted by Crippen LogP contribution is -2.19. The molecule has 0 aliphatic rings. The Bertz CT molecular complexity index is 1050. The Balaban J connectivity index is 1.68. The molecule has 6 nitrogen and oxygen atoms in total. The van der Waals surface area contributed by atoms with Gasteiger partial charge in [-0.1, -0.05) is 30.3 Å². The molecule has 0 aliphatic heterocycles. The second kappa shape index (κ2) is 8.73. The van der Waals surface area contributed by atoms with Crippen molar-refractivity contribution in [1.82, 2.24) is 0 Å². The molecule has 0 saturated heterocycles. The summed E-state index contributed by atoms with van der Waals surface area (Å²) in [5.74, 6) is 0.446. The van der Waals surface area contributed by atoms with E-state index in [2.05, 4.69) is 15.4 Å². The highest BCUT2D eigenvalue weighted by molar-refractivity contribution is 7.92. The molecular weight excluding hydrogens is 394 g/mol. The second-order valence-corrected chi connectivity index (χ2v) is 7.87. The Hall–Kier alpha value is -3.10. The largest absolute Gasteiger partial charge is 0.495 e. The molecule has 0 heterocycles. The summed E-state index contributed by atoms with van der Waals surface area (Å²) in [5, 5.41) is 6.49. The lowest BCUT2D eigenvalue weighted by atomic mass is 10.3. The van der Waals surface area contributed by atoms with E-state index in [0.717, 1.165) is 5.69 Å². The van der Waals surface area contributed by atoms with Gasteiger partial charge in [-0.2, -0.15) is 0 Å². The normalized spacial score (nSPS) is 10.8. The third-order valence-electron chi connectivity index (χ3n) is 3.81. The number of para-hydroxylation sites is 3. The predicted octanol–water partition coefficient (Wildman–Crippen LogP) is 4.30. The number of anilines is 3. The van der Waals surface area contributed by atoms with Gasteiger partial charge >= 0.3 is 0 Å². The van der Waals surface area contributed by atoms with Gasteiger partial charge in [-0.25, -0.2) is 8.42 Å². The van der Waals surface area contributed by atoms with E-state index in [1.807, 2.05) is 30.3 Å². The predicted molar refractivity (Wildman–Crippen MR) is 117 cm³/mol. The minimum Gasteiger partial charge on any atom is -0.495 e. The van der Waals surface area contributed by atoms with E-state index in [0.29, 0.717) is 22.2 Å². The first kappa shape index (κ1) is 19.7. The lowest BCUT2D eigenvalue weighted by Gasteiger charge is -2.13. The number of hydrogen-bond acceptors (Lipinski definition) is 4. The topological polar surface area (TPSA) is 79.5 Å². The summed E-state index contributed by atoms with van der Waals surface area (Å²) < 4.78 is 33.0. The molecule has 28 heavy (non-hydrogen) atoms. The number of hydrogen-bond donors (Lipinski definition) is 3. The second-order valence-electron chi connectivity index (χ2n) is 5.78. The van der Waals surface area contributed by atoms with E-state index in [9.17, 15) is 8.42 Å². The Kier molecular flexibility index (Phi) is 6.13. The van der Waals surface area contributed by atoms with Gasteiger partial charge in [0, 0.05) is 11.4 Å². The summed E-state index contributed by atoms with van der Waals surface area (Å²) in [6, 6.07) is 22.6. The standard InChI is InChI=1S/C20H19N3O3S2/c1-26-19-10-6-5-9-18(19)23-28(24,25)17-13-11-16(12-14-17)22-20(27)21-15-7-3-2-4-8-15/h2-14,23H,1H3,(H2,21,22,27). The van der Waals surface area contributed by atoms with Crippen LogP contribution in [0.2, 0.25) is 0 Å². The first-order valence-corrected chi connectivity index (χ1v) is 10.3. The van der Waals surface area contributed by atoms with Crippen LogP contribution in [0.25, 0.3) is 0 Å². The molecule has 0 unspecified atom stereocenters. The molecule has 3 N–H and O–H groups in total. The van der Waals surface area contributed by atoms with Crippen molar-refractivity contribution >= 4 is 44.4 Å². The molecule has 3 aromatic rings. The van der Waals surface area contributed by atoms with Crippen molar-refractivity contribution < 1.29 is 13.2 Å². The Labute approximate surface area is 169 Å². The van der Waals surface area contributed by atoms with Crippen LogP contribution in [0.4, 0.5) is 17.1 Å². The highest BCUT2D eigenvalue weighted by Crippen LogP contribution is 2.26. The van der Waals surface area contributed by atoms with Crippen LogP contribution in [0, 0.1) is 0 Å². The van der Waals surface area contributed by atoms with E-state index in [1.54, 1.807) is 36.4 Å². The molecule has 0 amide bonds. The lowest BCUT2D eigenvalue weighted by molar-refractivity contribution is 0.417. The zero-order valence-electron chi connectivity index (χ0n) is 15.0. The molecule has 0 aromatic heterocycles. The Morgan fingerprint density at radius 1 is 0.821 bits per heavy atom. The van der Waals surface area contributed by atoms with Crippen LogP contribution in [-0.4, -0.2) is 20.6 Å². The van der Waals surface area contributed by atoms with Gasteiger partial charge in [-0.3, -0.25) is 4.72 Å². The van der Waals surface area contributed by atoms with E-state index in [4.69, 9.17) is 17.0 Å². The van der Waals surface area contributed by atoms with Crippen LogP contribution in [-0.2, 0) is 10.0 Å². The minimum absolute atomic E-state index is 0.130. The highest BCUT2D eigenvalue weighted by Gasteiger charge is 2.16. The average molecular weight is 414 g/mol. The third-order valence-corrected chi connectivity index (χ3v) is 5.39. The quantitative estimate of drug-likeness (QED) is 0.523. The molecule has 0 saturated carbocycles. The van der Waals surface area contributed by atoms with Gasteiger partial charge in [-0.15, -0.1) is 0 Å². The van der Waals surface area contributed by atoms with E-state index >= 15 is 0 Å². The van der Waals surface area contributed by atoms with Gasteiger partial charge in [0.05, 0.1) is 17.7 Å². The number of nitrogens with one attached hydrogen (secondary N) is 3. The summed E-state index contributed by atoms with van der Waals surface area (Å²) in [6.07, 6.45) is 0. The molecule has 0 atom stereocenters. The van der Waals surface area contributed by atoms with Crippen molar-refractivity contribution in [2.45, 2.75) is 4.90 Å². The number of rotatable bonds is 6. The molecule has 0 spiro atoms. The van der Waals surface area contributed by atoms with Crippen LogP contribution in [0.5, 0.6) is 5.75 Å². The first-order chi connectivity index (χ1) is 13.5. The number of methoxy groups -OCH3 is 1. The molecule has 8 heteroatoms. The fourth-order valence-corrected chi connectivity index (χ4v) is 3.77. The summed E-state index contributed by atoms with van der Waals surface area (Å²) in [5.41, 5.74) is 1.91. The van der Waals surface area contributed by atoms with Gasteiger partial charge in [0.2, 0.25) is 0 Å². The van der Waals surface area contributed by atoms with Crippen LogP contribution < -0.4 is 20.1 Å². The fraction of sp³-hybridized carbons (Fsp3) is 0.0500. The Morgan fingerprint density at radius 2 is 1.39 bits per heavy atom. The SMILES string of the molecule is COc1ccccc1NS(=O)(=O)c1ccc(NC(=S)Nc2ccccc2)cc1. The van der Waals surface area contributed by atoms with Gasteiger partial charge in [-0.05, 0) is 60.7 Å². The molecule has 0 radical (unpaired) electrons. The summed E-state index contributed by atoms with van der Waals surface area (Å²) in [7, 11) is -2.26. The zero-order valence-corrected chi connectivity index (χ0v) is 16.7. The van der Waals surface area contributed by atoms with Crippen molar-refractivity contribution in [2.75, 3.05) is 22.5 Å². The molecule has 0 bridgehead atoms. The van der Waals surface area contributed by atoms with Gasteiger partial charge in [0.25, 0.3) is 10.0 Å². The van der Waals surface area contributed by atoms with Gasteiger partial charge in [0.15, 0.2) is 5.11 Å². The third kappa shape index (κ3) is 4.99. The van der Waals surface area contributed by atoms with Crippen molar-refractivity contribution in [3.63, 3.8) is 0 Å². The van der Waals surface area contributed by atoms with Crippen molar-refractivity contribution in [1.29, 1.82) is 0 Å². The molecule has 3 rings (SSSR count). The van der Waals surface area contributed by atoms with Crippen LogP contribution in [0.15, 0.2) is 83.8 Å². The van der Waals surface area contributed by atoms with Crippen molar-refractivity contribution in [3.8, 4) is 5.75 Å². The maximum absolute atomic E-state index is 12.6. The first-order valence-electron chi connectivity index (χ1n) is 8.37. The number of sulfonamides is 1. The molecule has 3 aromatic carbocycles. The van der Waals surface area contributed by atoms with E-state index < -0.39 is 10.0 Å². The summed E-state index contributed by atoms with van der Waals surface area (Å²) >= 11 is 5.27. The number of benzene rings is 3. The smallest absolute Gasteiger partial charge is 0.262 e. The van der Waals surface area contributed by atoms with Crippen LogP contribution in [0.1, 0.15) is 0 Å². The molecule has 0 fully saturated rings. The van der Waals surface area contributed by atoms with Gasteiger partial charge in [0.1, 0.15) is 5.75 Å². The van der Waals surface area contributed by atoms with E-state index in [-0.39, 0.29) is 4.90 Å². The van der Waals surface area contributed by atoms with Crippen LogP contribution >= 0.6 is 12.2 Å². The summed E-state index contributed by atoms with van der Waals surface area (Å²) in [6.45, 7) is 0. The molecular formula is C20H19N3O3S2. The number of ether oxygens (including phenoxy) is 1. The molecule has 144 valence electrons. The average Bonchev–Trinajstić information content (AvgIpc) is 2.69. The monoisotopic (exact) mass is 413 g/mol. The number of thiocarbonyl (C=S) groups is 1. The van der Waals surface area contributed by atoms with E-state index in [1.165, 1.54) is 19.2 Å². The highest BCUT2D eigenvalue weighted by atomic mass is 32.2. The maximum atomic E-state index is 12.6. The van der Waals surface area contributed by atoms with Crippen molar-refractivity contribution in [3.05, 3.63) is 78.9 Å². The fourth-order valence-electron chi connectivity index (χ4n) is 2.46. The minimum atomic E-state index is -3.75. The maximum Gasteiger partial charge on any atom is 0.262 e.